The molecule has 0 N–H and O–H groups in total. The van der Waals surface area contributed by atoms with E-state index in [1.165, 1.54) is 65.2 Å². The van der Waals surface area contributed by atoms with Crippen LogP contribution in [0.3, 0.4) is 0 Å². The predicted octanol–water partition coefficient (Wildman–Crippen LogP) is 13.5. The SMILES string of the molecule is c1ccc(-n2c3ccccc3c3c2ccc2c4ccccc4n(-c4cccc(-n5c6ccccc6c6ccc7c8ccccc8n(-c8ccccc8)c7c65)n4)c23)cc1. The summed E-state index contributed by atoms with van der Waals surface area (Å²) >= 11 is 0. The zero-order chi connectivity index (χ0) is 37.9. The van der Waals surface area contributed by atoms with Crippen molar-refractivity contribution in [3.63, 3.8) is 0 Å². The third kappa shape index (κ3) is 4.17. The largest absolute Gasteiger partial charge is 0.309 e. The Kier molecular flexibility index (Phi) is 6.38. The second-order valence-corrected chi connectivity index (χ2v) is 15.1. The lowest BCUT2D eigenvalue weighted by atomic mass is 10.1. The van der Waals surface area contributed by atoms with Crippen LogP contribution in [-0.2, 0) is 0 Å². The molecule has 5 heterocycles. The van der Waals surface area contributed by atoms with Gasteiger partial charge in [0.25, 0.3) is 0 Å². The minimum atomic E-state index is 0.867. The summed E-state index contributed by atoms with van der Waals surface area (Å²) in [4.78, 5) is 5.68. The molecule has 0 spiro atoms. The average molecular weight is 740 g/mol. The van der Waals surface area contributed by atoms with Crippen LogP contribution in [0.5, 0.6) is 0 Å². The van der Waals surface area contributed by atoms with Gasteiger partial charge >= 0.3 is 0 Å². The van der Waals surface area contributed by atoms with E-state index in [0.29, 0.717) is 0 Å². The fourth-order valence-corrected chi connectivity index (χ4v) is 9.85. The molecule has 5 heteroatoms. The van der Waals surface area contributed by atoms with Gasteiger partial charge in [-0.1, -0.05) is 133 Å². The number of para-hydroxylation sites is 6. The van der Waals surface area contributed by atoms with Crippen molar-refractivity contribution in [1.29, 1.82) is 0 Å². The normalized spacial score (nSPS) is 12.1. The molecule has 58 heavy (non-hydrogen) atoms. The summed E-state index contributed by atoms with van der Waals surface area (Å²) in [6.45, 7) is 0. The Morgan fingerprint density at radius 1 is 0.241 bits per heavy atom. The van der Waals surface area contributed by atoms with Gasteiger partial charge < -0.3 is 9.13 Å². The molecule has 0 unspecified atom stereocenters. The van der Waals surface area contributed by atoms with Gasteiger partial charge in [-0.05, 0) is 66.7 Å². The number of fused-ring (bicyclic) bond motifs is 14. The van der Waals surface area contributed by atoms with Crippen LogP contribution < -0.4 is 0 Å². The highest BCUT2D eigenvalue weighted by Gasteiger charge is 2.24. The number of pyridine rings is 1. The zero-order valence-electron chi connectivity index (χ0n) is 31.3. The van der Waals surface area contributed by atoms with E-state index in [2.05, 4.69) is 218 Å². The molecule has 5 aromatic heterocycles. The monoisotopic (exact) mass is 739 g/mol. The van der Waals surface area contributed by atoms with Crippen LogP contribution in [0.25, 0.3) is 110 Å². The Bertz CT molecular complexity index is 3790. The van der Waals surface area contributed by atoms with Crippen molar-refractivity contribution in [2.24, 2.45) is 0 Å². The Morgan fingerprint density at radius 2 is 0.638 bits per heavy atom. The summed E-state index contributed by atoms with van der Waals surface area (Å²) in [5.41, 5.74) is 11.5. The van der Waals surface area contributed by atoms with Crippen molar-refractivity contribution in [1.82, 2.24) is 23.3 Å². The molecule has 8 aromatic carbocycles. The molecular formula is C53H33N5. The molecule has 0 aliphatic rings. The van der Waals surface area contributed by atoms with Crippen molar-refractivity contribution in [3.05, 3.63) is 200 Å². The molecular weight excluding hydrogens is 707 g/mol. The topological polar surface area (TPSA) is 32.6 Å². The highest BCUT2D eigenvalue weighted by atomic mass is 15.1. The minimum absolute atomic E-state index is 0.867. The highest BCUT2D eigenvalue weighted by molar-refractivity contribution is 6.26. The van der Waals surface area contributed by atoms with Crippen LogP contribution in [0.1, 0.15) is 0 Å². The smallest absolute Gasteiger partial charge is 0.140 e. The molecule has 0 saturated carbocycles. The van der Waals surface area contributed by atoms with E-state index in [1.807, 2.05) is 0 Å². The van der Waals surface area contributed by atoms with Gasteiger partial charge in [-0.3, -0.25) is 9.13 Å². The van der Waals surface area contributed by atoms with E-state index in [0.717, 1.165) is 45.1 Å². The van der Waals surface area contributed by atoms with E-state index < -0.39 is 0 Å². The van der Waals surface area contributed by atoms with Gasteiger partial charge in [-0.25, -0.2) is 4.98 Å². The van der Waals surface area contributed by atoms with Crippen molar-refractivity contribution in [3.8, 4) is 23.0 Å². The third-order valence-electron chi connectivity index (χ3n) is 12.1. The summed E-state index contributed by atoms with van der Waals surface area (Å²) in [7, 11) is 0. The second kappa shape index (κ2) is 11.8. The first-order chi connectivity index (χ1) is 28.8. The quantitative estimate of drug-likeness (QED) is 0.177. The maximum Gasteiger partial charge on any atom is 0.140 e. The van der Waals surface area contributed by atoms with Crippen LogP contribution >= 0.6 is 0 Å². The molecule has 0 aliphatic heterocycles. The van der Waals surface area contributed by atoms with Crippen LogP contribution in [0.15, 0.2) is 200 Å². The number of hydrogen-bond donors (Lipinski definition) is 0. The maximum absolute atomic E-state index is 5.68. The molecule has 0 atom stereocenters. The summed E-state index contributed by atoms with van der Waals surface area (Å²) < 4.78 is 9.60. The first kappa shape index (κ1) is 31.3. The lowest BCUT2D eigenvalue weighted by molar-refractivity contribution is 1.01. The molecule has 13 rings (SSSR count). The van der Waals surface area contributed by atoms with Crippen molar-refractivity contribution in [2.45, 2.75) is 0 Å². The fraction of sp³-hybridized carbons (Fsp3) is 0. The molecule has 0 fully saturated rings. The van der Waals surface area contributed by atoms with Crippen molar-refractivity contribution >= 4 is 87.2 Å². The number of rotatable bonds is 4. The van der Waals surface area contributed by atoms with E-state index in [-0.39, 0.29) is 0 Å². The van der Waals surface area contributed by atoms with Crippen molar-refractivity contribution in [2.75, 3.05) is 0 Å². The van der Waals surface area contributed by atoms with Crippen LogP contribution in [0, 0.1) is 0 Å². The maximum atomic E-state index is 5.68. The van der Waals surface area contributed by atoms with E-state index in [1.54, 1.807) is 0 Å². The van der Waals surface area contributed by atoms with Gasteiger partial charge in [0.15, 0.2) is 0 Å². The van der Waals surface area contributed by atoms with E-state index in [9.17, 15) is 0 Å². The Labute approximate surface area is 332 Å². The van der Waals surface area contributed by atoms with Crippen LogP contribution in [-0.4, -0.2) is 23.3 Å². The highest BCUT2D eigenvalue weighted by Crippen LogP contribution is 2.44. The van der Waals surface area contributed by atoms with Gasteiger partial charge in [-0.15, -0.1) is 0 Å². The Balaban J connectivity index is 1.16. The van der Waals surface area contributed by atoms with Gasteiger partial charge in [0.1, 0.15) is 11.6 Å². The minimum Gasteiger partial charge on any atom is -0.309 e. The molecule has 270 valence electrons. The predicted molar refractivity (Wildman–Crippen MR) is 242 cm³/mol. The molecule has 5 nitrogen and oxygen atoms in total. The fourth-order valence-electron chi connectivity index (χ4n) is 9.85. The lowest BCUT2D eigenvalue weighted by Crippen LogP contribution is -2.04. The molecule has 13 aromatic rings. The van der Waals surface area contributed by atoms with Gasteiger partial charge in [0.05, 0.1) is 44.1 Å². The van der Waals surface area contributed by atoms with E-state index >= 15 is 0 Å². The number of hydrogen-bond acceptors (Lipinski definition) is 1. The Hall–Kier alpha value is -7.89. The molecule has 0 aliphatic carbocycles. The van der Waals surface area contributed by atoms with Gasteiger partial charge in [0.2, 0.25) is 0 Å². The summed E-state index contributed by atoms with van der Waals surface area (Å²) in [6.07, 6.45) is 0. The van der Waals surface area contributed by atoms with Gasteiger partial charge in [0, 0.05) is 54.5 Å². The molecule has 0 radical (unpaired) electrons. The number of nitrogens with zero attached hydrogens (tertiary/aromatic N) is 5. The first-order valence-electron chi connectivity index (χ1n) is 19.8. The summed E-state index contributed by atoms with van der Waals surface area (Å²) in [5, 5.41) is 9.67. The Morgan fingerprint density at radius 3 is 1.21 bits per heavy atom. The van der Waals surface area contributed by atoms with Crippen LogP contribution in [0.2, 0.25) is 0 Å². The zero-order valence-corrected chi connectivity index (χ0v) is 31.3. The summed E-state index contributed by atoms with van der Waals surface area (Å²) in [6, 6.07) is 72.1. The summed E-state index contributed by atoms with van der Waals surface area (Å²) in [5.74, 6) is 1.74. The average Bonchev–Trinajstić information content (AvgIpc) is 4.02. The van der Waals surface area contributed by atoms with Crippen LogP contribution in [0.4, 0.5) is 0 Å². The number of benzene rings is 8. The second-order valence-electron chi connectivity index (χ2n) is 15.1. The number of aromatic nitrogens is 5. The van der Waals surface area contributed by atoms with E-state index in [4.69, 9.17) is 4.98 Å². The first-order valence-corrected chi connectivity index (χ1v) is 19.8. The third-order valence-corrected chi connectivity index (χ3v) is 12.1. The molecule has 0 saturated heterocycles. The molecule has 0 bridgehead atoms. The van der Waals surface area contributed by atoms with Gasteiger partial charge in [-0.2, -0.15) is 0 Å². The standard InChI is InChI=1S/C53H33N5/c1-3-16-34(17-4-1)55-46-27-14-10-23-42(46)50-47(55)33-32-39-36-20-8-12-25-44(36)57(51(39)50)48-28-15-29-49(54-48)58-45-26-13-9-22-38(45)41-31-30-40-37-21-7-11-24-43(37)56(52(40)53(41)58)35-18-5-2-6-19-35/h1-33H. The lowest BCUT2D eigenvalue weighted by Gasteiger charge is -2.14. The molecule has 0 amide bonds. The van der Waals surface area contributed by atoms with Crippen molar-refractivity contribution < 1.29 is 0 Å².